The van der Waals surface area contributed by atoms with Crippen molar-refractivity contribution in [2.45, 2.75) is 45.1 Å². The van der Waals surface area contributed by atoms with Crippen LogP contribution in [-0.2, 0) is 4.74 Å². The van der Waals surface area contributed by atoms with Crippen molar-refractivity contribution >= 4 is 0 Å². The molecule has 1 aromatic rings. The second kappa shape index (κ2) is 8.61. The highest BCUT2D eigenvalue weighted by Gasteiger charge is 2.22. The molecule has 1 aromatic carbocycles. The van der Waals surface area contributed by atoms with Crippen molar-refractivity contribution in [2.75, 3.05) is 6.61 Å². The molecule has 1 heteroatoms. The zero-order valence-electron chi connectivity index (χ0n) is 12.3. The summed E-state index contributed by atoms with van der Waals surface area (Å²) in [5, 5.41) is 0. The Morgan fingerprint density at radius 2 is 1.95 bits per heavy atom. The maximum Gasteiger partial charge on any atom is 0.121 e. The molecule has 106 valence electrons. The molecule has 0 bridgehead atoms. The second-order valence-corrected chi connectivity index (χ2v) is 5.36. The summed E-state index contributed by atoms with van der Waals surface area (Å²) in [7, 11) is 0. The van der Waals surface area contributed by atoms with Crippen molar-refractivity contribution in [3.63, 3.8) is 0 Å². The van der Waals surface area contributed by atoms with Gasteiger partial charge in [0.25, 0.3) is 0 Å². The number of hydrogen-bond acceptors (Lipinski definition) is 1. The molecule has 1 fully saturated rings. The van der Waals surface area contributed by atoms with Gasteiger partial charge in [-0.15, -0.1) is 0 Å². The maximum atomic E-state index is 5.98. The molecule has 0 spiro atoms. The molecule has 0 aliphatic heterocycles. The first-order valence-corrected chi connectivity index (χ1v) is 7.69. The summed E-state index contributed by atoms with van der Waals surface area (Å²) in [4.78, 5) is 0. The molecule has 20 heavy (non-hydrogen) atoms. The van der Waals surface area contributed by atoms with E-state index >= 15 is 0 Å². The first kappa shape index (κ1) is 14.9. The van der Waals surface area contributed by atoms with Gasteiger partial charge in [-0.2, -0.15) is 0 Å². The van der Waals surface area contributed by atoms with E-state index in [1.807, 2.05) is 31.2 Å². The van der Waals surface area contributed by atoms with Gasteiger partial charge in [-0.3, -0.25) is 0 Å². The molecule has 0 aromatic heterocycles. The van der Waals surface area contributed by atoms with Crippen molar-refractivity contribution in [3.8, 4) is 11.8 Å². The summed E-state index contributed by atoms with van der Waals surface area (Å²) in [6.45, 7) is 2.69. The lowest BCUT2D eigenvalue weighted by molar-refractivity contribution is 0.0557. The van der Waals surface area contributed by atoms with Crippen molar-refractivity contribution in [3.05, 3.63) is 48.0 Å². The first-order chi connectivity index (χ1) is 9.90. The lowest BCUT2D eigenvalue weighted by Crippen LogP contribution is -2.25. The van der Waals surface area contributed by atoms with Crippen LogP contribution in [0.2, 0.25) is 0 Å². The molecule has 0 heterocycles. The summed E-state index contributed by atoms with van der Waals surface area (Å²) in [6, 6.07) is 10.2. The average Bonchev–Trinajstić information content (AvgIpc) is 2.52. The topological polar surface area (TPSA) is 9.23 Å². The van der Waals surface area contributed by atoms with E-state index in [-0.39, 0.29) is 6.10 Å². The Labute approximate surface area is 123 Å². The standard InChI is InChI=1S/C19H24O/c1-2-3-16-20-19(18-12-8-5-9-13-18)15-14-17-10-6-4-7-11-17/h2-4,6-7,10-11,18-19H,5,8-9,12-13,16H2,1H3/b3-2+/t19-/m1/s1. The smallest absolute Gasteiger partial charge is 0.121 e. The quantitative estimate of drug-likeness (QED) is 0.573. The average molecular weight is 268 g/mol. The Balaban J connectivity index is 2.03. The van der Waals surface area contributed by atoms with Gasteiger partial charge in [0.2, 0.25) is 0 Å². The van der Waals surface area contributed by atoms with Crippen molar-refractivity contribution in [1.82, 2.24) is 0 Å². The van der Waals surface area contributed by atoms with Crippen LogP contribution < -0.4 is 0 Å². The predicted molar refractivity (Wildman–Crippen MR) is 84.4 cm³/mol. The molecular formula is C19H24O. The molecule has 0 radical (unpaired) electrons. The third-order valence-electron chi connectivity index (χ3n) is 3.82. The van der Waals surface area contributed by atoms with Gasteiger partial charge >= 0.3 is 0 Å². The highest BCUT2D eigenvalue weighted by Crippen LogP contribution is 2.27. The molecule has 2 rings (SSSR count). The second-order valence-electron chi connectivity index (χ2n) is 5.36. The highest BCUT2D eigenvalue weighted by molar-refractivity contribution is 5.34. The summed E-state index contributed by atoms with van der Waals surface area (Å²) in [5.74, 6) is 7.23. The third kappa shape index (κ3) is 4.87. The zero-order chi connectivity index (χ0) is 14.0. The van der Waals surface area contributed by atoms with Crippen LogP contribution in [0.1, 0.15) is 44.6 Å². The molecule has 1 aliphatic rings. The highest BCUT2D eigenvalue weighted by atomic mass is 16.5. The van der Waals surface area contributed by atoms with Crippen molar-refractivity contribution in [2.24, 2.45) is 5.92 Å². The lowest BCUT2D eigenvalue weighted by Gasteiger charge is -2.26. The molecule has 1 atom stereocenters. The van der Waals surface area contributed by atoms with Crippen LogP contribution in [0.4, 0.5) is 0 Å². The van der Waals surface area contributed by atoms with Crippen LogP contribution in [0.25, 0.3) is 0 Å². The Morgan fingerprint density at radius 3 is 2.65 bits per heavy atom. The predicted octanol–water partition coefficient (Wildman–Crippen LogP) is 4.58. The van der Waals surface area contributed by atoms with E-state index < -0.39 is 0 Å². The largest absolute Gasteiger partial charge is 0.361 e. The fourth-order valence-electron chi connectivity index (χ4n) is 2.66. The van der Waals surface area contributed by atoms with Gasteiger partial charge in [0, 0.05) is 5.56 Å². The molecule has 1 saturated carbocycles. The third-order valence-corrected chi connectivity index (χ3v) is 3.82. The molecular weight excluding hydrogens is 244 g/mol. The van der Waals surface area contributed by atoms with E-state index in [2.05, 4.69) is 30.0 Å². The molecule has 0 N–H and O–H groups in total. The normalized spacial score (nSPS) is 17.6. The fourth-order valence-corrected chi connectivity index (χ4v) is 2.66. The minimum atomic E-state index is 0.0757. The maximum absolute atomic E-state index is 5.98. The van der Waals surface area contributed by atoms with Crippen LogP contribution in [0.15, 0.2) is 42.5 Å². The van der Waals surface area contributed by atoms with Gasteiger partial charge in [-0.1, -0.05) is 61.5 Å². The number of rotatable bonds is 4. The molecule has 0 amide bonds. The van der Waals surface area contributed by atoms with Crippen molar-refractivity contribution in [1.29, 1.82) is 0 Å². The Morgan fingerprint density at radius 1 is 1.20 bits per heavy atom. The minimum absolute atomic E-state index is 0.0757. The van der Waals surface area contributed by atoms with E-state index in [0.717, 1.165) is 5.56 Å². The summed E-state index contributed by atoms with van der Waals surface area (Å²) >= 11 is 0. The van der Waals surface area contributed by atoms with Crippen molar-refractivity contribution < 1.29 is 4.74 Å². The summed E-state index contributed by atoms with van der Waals surface area (Å²) in [6.07, 6.45) is 10.7. The first-order valence-electron chi connectivity index (χ1n) is 7.69. The van der Waals surface area contributed by atoms with Gasteiger partial charge in [-0.25, -0.2) is 0 Å². The lowest BCUT2D eigenvalue weighted by atomic mass is 9.85. The number of ether oxygens (including phenoxy) is 1. The monoisotopic (exact) mass is 268 g/mol. The van der Waals surface area contributed by atoms with Gasteiger partial charge in [0.05, 0.1) is 6.61 Å². The zero-order valence-corrected chi connectivity index (χ0v) is 12.3. The SMILES string of the molecule is C/C=C/CO[C@H](C#Cc1ccccc1)C1CCCCC1. The molecule has 0 unspecified atom stereocenters. The Kier molecular flexibility index (Phi) is 6.41. The summed E-state index contributed by atoms with van der Waals surface area (Å²) < 4.78 is 5.98. The number of allylic oxidation sites excluding steroid dienone is 1. The summed E-state index contributed by atoms with van der Waals surface area (Å²) in [5.41, 5.74) is 1.07. The van der Waals surface area contributed by atoms with Crippen LogP contribution in [-0.4, -0.2) is 12.7 Å². The number of benzene rings is 1. The van der Waals surface area contributed by atoms with Gasteiger partial charge in [0.1, 0.15) is 6.10 Å². The number of hydrogen-bond donors (Lipinski definition) is 0. The van der Waals surface area contributed by atoms with Crippen LogP contribution in [0, 0.1) is 17.8 Å². The minimum Gasteiger partial charge on any atom is -0.361 e. The molecule has 0 saturated heterocycles. The van der Waals surface area contributed by atoms with E-state index in [0.29, 0.717) is 12.5 Å². The molecule has 1 nitrogen and oxygen atoms in total. The fraction of sp³-hybridized carbons (Fsp3) is 0.474. The Hall–Kier alpha value is -1.52. The van der Waals surface area contributed by atoms with E-state index in [9.17, 15) is 0 Å². The molecule has 1 aliphatic carbocycles. The van der Waals surface area contributed by atoms with E-state index in [1.54, 1.807) is 0 Å². The van der Waals surface area contributed by atoms with E-state index in [4.69, 9.17) is 4.74 Å². The van der Waals surface area contributed by atoms with Crippen LogP contribution >= 0.6 is 0 Å². The van der Waals surface area contributed by atoms with Gasteiger partial charge in [-0.05, 0) is 37.8 Å². The van der Waals surface area contributed by atoms with Gasteiger partial charge in [0.15, 0.2) is 0 Å². The van der Waals surface area contributed by atoms with Crippen LogP contribution in [0.3, 0.4) is 0 Å². The van der Waals surface area contributed by atoms with Gasteiger partial charge < -0.3 is 4.74 Å². The van der Waals surface area contributed by atoms with Crippen LogP contribution in [0.5, 0.6) is 0 Å². The Bertz CT molecular complexity index is 458. The van der Waals surface area contributed by atoms with E-state index in [1.165, 1.54) is 32.1 Å².